The summed E-state index contributed by atoms with van der Waals surface area (Å²) < 4.78 is 46.4. The average molecular weight is 454 g/mol. The fourth-order valence-corrected chi connectivity index (χ4v) is 4.21. The fourth-order valence-electron chi connectivity index (χ4n) is 4.21. The Morgan fingerprint density at radius 2 is 1.58 bits per heavy atom. The number of rotatable bonds is 7. The van der Waals surface area contributed by atoms with Crippen molar-refractivity contribution in [1.29, 1.82) is 0 Å². The van der Waals surface area contributed by atoms with Gasteiger partial charge in [0, 0.05) is 24.7 Å². The summed E-state index contributed by atoms with van der Waals surface area (Å²) in [5.41, 5.74) is 2.20. The van der Waals surface area contributed by atoms with Gasteiger partial charge in [-0.25, -0.2) is 13.2 Å². The number of benzene rings is 3. The monoisotopic (exact) mass is 453 g/mol. The van der Waals surface area contributed by atoms with Gasteiger partial charge < -0.3 is 9.64 Å². The number of hydrogen-bond donors (Lipinski definition) is 0. The van der Waals surface area contributed by atoms with Gasteiger partial charge in [0.2, 0.25) is 0 Å². The van der Waals surface area contributed by atoms with Gasteiger partial charge in [-0.3, -0.25) is 4.79 Å². The minimum atomic E-state index is -1.01. The van der Waals surface area contributed by atoms with Gasteiger partial charge >= 0.3 is 0 Å². The van der Waals surface area contributed by atoms with Gasteiger partial charge in [0.25, 0.3) is 5.91 Å². The van der Waals surface area contributed by atoms with Gasteiger partial charge in [0.15, 0.2) is 18.2 Å². The highest BCUT2D eigenvalue weighted by Gasteiger charge is 2.23. The number of nitrogens with zero attached hydrogens (tertiary/aromatic N) is 1. The molecule has 0 N–H and O–H groups in total. The maximum atomic E-state index is 13.8. The first kappa shape index (κ1) is 22.9. The van der Waals surface area contributed by atoms with Crippen LogP contribution >= 0.6 is 0 Å². The van der Waals surface area contributed by atoms with Gasteiger partial charge in [-0.2, -0.15) is 0 Å². The minimum Gasteiger partial charge on any atom is -0.483 e. The molecule has 1 saturated heterocycles. The van der Waals surface area contributed by atoms with Crippen LogP contribution in [0.3, 0.4) is 0 Å². The summed E-state index contributed by atoms with van der Waals surface area (Å²) in [6, 6.07) is 17.6. The molecule has 1 aliphatic heterocycles. The second-order valence-corrected chi connectivity index (χ2v) is 8.41. The molecule has 0 radical (unpaired) electrons. The van der Waals surface area contributed by atoms with E-state index in [9.17, 15) is 18.0 Å². The summed E-state index contributed by atoms with van der Waals surface area (Å²) in [6.45, 7) is 1.05. The van der Waals surface area contributed by atoms with Crippen molar-refractivity contribution < 1.29 is 22.7 Å². The smallest absolute Gasteiger partial charge is 0.260 e. The third-order valence-corrected chi connectivity index (χ3v) is 6.18. The molecule has 6 heteroatoms. The molecule has 33 heavy (non-hydrogen) atoms. The minimum absolute atomic E-state index is 0.141. The summed E-state index contributed by atoms with van der Waals surface area (Å²) >= 11 is 0. The summed E-state index contributed by atoms with van der Waals surface area (Å²) in [4.78, 5) is 14.4. The van der Waals surface area contributed by atoms with E-state index in [4.69, 9.17) is 4.74 Å². The Morgan fingerprint density at radius 3 is 2.27 bits per heavy atom. The van der Waals surface area contributed by atoms with Crippen molar-refractivity contribution in [1.82, 2.24) is 4.90 Å². The second-order valence-electron chi connectivity index (χ2n) is 8.41. The number of ether oxygens (including phenoxy) is 1. The lowest BCUT2D eigenvalue weighted by Crippen LogP contribution is -2.41. The first-order valence-corrected chi connectivity index (χ1v) is 11.2. The molecule has 0 unspecified atom stereocenters. The number of carbonyl (C=O) groups excluding carboxylic acids is 1. The summed E-state index contributed by atoms with van der Waals surface area (Å²) in [5, 5.41) is 0. The molecule has 172 valence electrons. The highest BCUT2D eigenvalue weighted by molar-refractivity contribution is 5.78. The zero-order valence-electron chi connectivity index (χ0n) is 18.3. The van der Waals surface area contributed by atoms with Crippen LogP contribution < -0.4 is 4.74 Å². The highest BCUT2D eigenvalue weighted by atomic mass is 19.2. The van der Waals surface area contributed by atoms with Gasteiger partial charge in [-0.05, 0) is 60.9 Å². The topological polar surface area (TPSA) is 29.5 Å². The van der Waals surface area contributed by atoms with E-state index in [1.165, 1.54) is 12.1 Å². The van der Waals surface area contributed by atoms with Crippen LogP contribution in [0.5, 0.6) is 5.75 Å². The third-order valence-electron chi connectivity index (χ3n) is 6.18. The van der Waals surface area contributed by atoms with E-state index < -0.39 is 11.6 Å². The van der Waals surface area contributed by atoms with Gasteiger partial charge in [-0.15, -0.1) is 0 Å². The predicted octanol–water partition coefficient (Wildman–Crippen LogP) is 6.02. The second kappa shape index (κ2) is 10.6. The first-order valence-electron chi connectivity index (χ1n) is 11.2. The Bertz CT molecular complexity index is 1080. The first-order chi connectivity index (χ1) is 16.0. The van der Waals surface area contributed by atoms with E-state index >= 15 is 0 Å². The fraction of sp³-hybridized carbons (Fsp3) is 0.296. The van der Waals surface area contributed by atoms with E-state index in [1.807, 2.05) is 18.2 Å². The van der Waals surface area contributed by atoms with Crippen LogP contribution in [-0.4, -0.2) is 30.5 Å². The van der Waals surface area contributed by atoms with Crippen LogP contribution in [0, 0.1) is 23.4 Å². The quantitative estimate of drug-likeness (QED) is 0.438. The van der Waals surface area contributed by atoms with Crippen LogP contribution in [0.4, 0.5) is 13.2 Å². The number of halogens is 3. The number of carbonyl (C=O) groups is 1. The van der Waals surface area contributed by atoms with Crippen LogP contribution in [0.15, 0.2) is 66.7 Å². The maximum Gasteiger partial charge on any atom is 0.260 e. The molecule has 0 spiro atoms. The Kier molecular flexibility index (Phi) is 7.33. The van der Waals surface area contributed by atoms with Crippen molar-refractivity contribution in [2.24, 2.45) is 5.92 Å². The van der Waals surface area contributed by atoms with Crippen molar-refractivity contribution in [2.45, 2.75) is 25.7 Å². The van der Waals surface area contributed by atoms with Crippen molar-refractivity contribution in [3.8, 4) is 16.9 Å². The van der Waals surface area contributed by atoms with Crippen molar-refractivity contribution in [3.63, 3.8) is 0 Å². The molecule has 0 aliphatic carbocycles. The van der Waals surface area contributed by atoms with Crippen molar-refractivity contribution in [2.75, 3.05) is 19.7 Å². The normalized spacial score (nSPS) is 14.3. The lowest BCUT2D eigenvalue weighted by Gasteiger charge is -2.32. The standard InChI is InChI=1S/C27H26F3NO2/c28-22-10-8-19(9-11-22)6-7-20-12-14-31(15-13-20)27(32)18-33-26-17-25(30)24(29)16-23(26)21-4-2-1-3-5-21/h1-5,8-11,16-17,20H,6-7,12-15,18H2. The molecule has 4 rings (SSSR count). The molecule has 0 saturated carbocycles. The largest absolute Gasteiger partial charge is 0.483 e. The molecule has 3 aromatic rings. The Balaban J connectivity index is 1.30. The molecular weight excluding hydrogens is 427 g/mol. The Hall–Kier alpha value is -3.28. The van der Waals surface area contributed by atoms with Gasteiger partial charge in [-0.1, -0.05) is 42.5 Å². The Morgan fingerprint density at radius 1 is 0.909 bits per heavy atom. The van der Waals surface area contributed by atoms with E-state index in [2.05, 4.69) is 0 Å². The van der Waals surface area contributed by atoms with Crippen LogP contribution in [0.1, 0.15) is 24.8 Å². The zero-order chi connectivity index (χ0) is 23.2. The van der Waals surface area contributed by atoms with E-state index in [0.29, 0.717) is 30.1 Å². The zero-order valence-corrected chi connectivity index (χ0v) is 18.3. The number of hydrogen-bond acceptors (Lipinski definition) is 2. The average Bonchev–Trinajstić information content (AvgIpc) is 2.85. The van der Waals surface area contributed by atoms with Crippen LogP contribution in [-0.2, 0) is 11.2 Å². The molecule has 1 fully saturated rings. The summed E-state index contributed by atoms with van der Waals surface area (Å²) in [7, 11) is 0. The number of piperidine rings is 1. The van der Waals surface area contributed by atoms with Crippen LogP contribution in [0.25, 0.3) is 11.1 Å². The van der Waals surface area contributed by atoms with Crippen molar-refractivity contribution >= 4 is 5.91 Å². The van der Waals surface area contributed by atoms with Gasteiger partial charge in [0.05, 0.1) is 0 Å². The van der Waals surface area contributed by atoms with Crippen molar-refractivity contribution in [3.05, 3.63) is 89.7 Å². The molecule has 1 aliphatic rings. The molecule has 0 aromatic heterocycles. The lowest BCUT2D eigenvalue weighted by atomic mass is 9.90. The Labute approximate surface area is 191 Å². The number of likely N-dealkylation sites (tertiary alicyclic amines) is 1. The number of amides is 1. The van der Waals surface area contributed by atoms with Crippen LogP contribution in [0.2, 0.25) is 0 Å². The maximum absolute atomic E-state index is 13.8. The molecule has 1 amide bonds. The molecular formula is C27H26F3NO2. The van der Waals surface area contributed by atoms with E-state index in [1.54, 1.807) is 29.2 Å². The van der Waals surface area contributed by atoms with E-state index in [-0.39, 0.29) is 24.1 Å². The molecule has 1 heterocycles. The van der Waals surface area contributed by atoms with Gasteiger partial charge in [0.1, 0.15) is 11.6 Å². The van der Waals surface area contributed by atoms with E-state index in [0.717, 1.165) is 43.4 Å². The summed E-state index contributed by atoms with van der Waals surface area (Å²) in [6.07, 6.45) is 3.68. The number of aryl methyl sites for hydroxylation is 1. The lowest BCUT2D eigenvalue weighted by molar-refractivity contribution is -0.134. The SMILES string of the molecule is O=C(COc1cc(F)c(F)cc1-c1ccccc1)N1CCC(CCc2ccc(F)cc2)CC1. The molecule has 3 aromatic carbocycles. The third kappa shape index (κ3) is 5.95. The molecule has 0 atom stereocenters. The molecule has 0 bridgehead atoms. The predicted molar refractivity (Wildman–Crippen MR) is 121 cm³/mol. The highest BCUT2D eigenvalue weighted by Crippen LogP contribution is 2.32. The molecule has 3 nitrogen and oxygen atoms in total. The summed E-state index contributed by atoms with van der Waals surface area (Å²) in [5.74, 6) is -1.73.